The van der Waals surface area contributed by atoms with E-state index in [9.17, 15) is 9.50 Å². The molecule has 2 aromatic rings. The first-order valence-corrected chi connectivity index (χ1v) is 6.27. The van der Waals surface area contributed by atoms with Gasteiger partial charge in [0.05, 0.1) is 19.3 Å². The van der Waals surface area contributed by atoms with E-state index >= 15 is 0 Å². The minimum Gasteiger partial charge on any atom is -0.497 e. The van der Waals surface area contributed by atoms with Crippen LogP contribution in [0.25, 0.3) is 0 Å². The number of ether oxygens (including phenoxy) is 2. The van der Waals surface area contributed by atoms with Gasteiger partial charge in [0.1, 0.15) is 30.0 Å². The van der Waals surface area contributed by atoms with E-state index in [-0.39, 0.29) is 18.8 Å². The number of hydrogen-bond donors (Lipinski definition) is 1. The van der Waals surface area contributed by atoms with Crippen LogP contribution in [0.15, 0.2) is 36.4 Å². The van der Waals surface area contributed by atoms with Crippen molar-refractivity contribution in [2.24, 2.45) is 0 Å². The molecule has 0 heterocycles. The van der Waals surface area contributed by atoms with Crippen molar-refractivity contribution in [2.45, 2.75) is 13.2 Å². The summed E-state index contributed by atoms with van der Waals surface area (Å²) in [6, 6.07) is 11.1. The fourth-order valence-electron chi connectivity index (χ4n) is 1.84. The smallest absolute Gasteiger partial charge is 0.140 e. The van der Waals surface area contributed by atoms with Gasteiger partial charge in [-0.3, -0.25) is 0 Å². The second-order valence-electron chi connectivity index (χ2n) is 4.35. The number of aliphatic hydroxyl groups is 1. The highest BCUT2D eigenvalue weighted by Crippen LogP contribution is 2.26. The zero-order valence-corrected chi connectivity index (χ0v) is 11.5. The zero-order valence-electron chi connectivity index (χ0n) is 11.5. The molecule has 108 valence electrons. The molecule has 0 bridgehead atoms. The predicted octanol–water partition coefficient (Wildman–Crippen LogP) is 2.78. The van der Waals surface area contributed by atoms with Crippen molar-refractivity contribution in [3.8, 4) is 17.6 Å². The fraction of sp³-hybridized carbons (Fsp3) is 0.188. The Hall–Kier alpha value is -2.58. The molecule has 5 heteroatoms. The Bertz CT molecular complexity index is 680. The van der Waals surface area contributed by atoms with Crippen molar-refractivity contribution in [3.63, 3.8) is 0 Å². The molecule has 0 saturated carbocycles. The molecule has 0 radical (unpaired) electrons. The quantitative estimate of drug-likeness (QED) is 0.918. The maximum atomic E-state index is 13.2. The van der Waals surface area contributed by atoms with Crippen molar-refractivity contribution < 1.29 is 19.0 Å². The highest BCUT2D eigenvalue weighted by molar-refractivity contribution is 5.41. The van der Waals surface area contributed by atoms with Gasteiger partial charge in [0.25, 0.3) is 0 Å². The maximum absolute atomic E-state index is 13.2. The summed E-state index contributed by atoms with van der Waals surface area (Å²) < 4.78 is 24.0. The van der Waals surface area contributed by atoms with Crippen LogP contribution in [0, 0.1) is 17.1 Å². The lowest BCUT2D eigenvalue weighted by atomic mass is 10.1. The van der Waals surface area contributed by atoms with Gasteiger partial charge in [-0.25, -0.2) is 4.39 Å². The Labute approximate surface area is 122 Å². The first-order valence-electron chi connectivity index (χ1n) is 6.27. The number of methoxy groups -OCH3 is 1. The fourth-order valence-corrected chi connectivity index (χ4v) is 1.84. The summed E-state index contributed by atoms with van der Waals surface area (Å²) >= 11 is 0. The van der Waals surface area contributed by atoms with Gasteiger partial charge in [0.15, 0.2) is 0 Å². The molecule has 0 amide bonds. The lowest BCUT2D eigenvalue weighted by Gasteiger charge is -2.12. The SMILES string of the molecule is COc1ccc(CO)c(OCc2ccc(F)c(C#N)c2)c1. The Morgan fingerprint density at radius 1 is 1.24 bits per heavy atom. The maximum Gasteiger partial charge on any atom is 0.140 e. The third kappa shape index (κ3) is 3.50. The third-order valence-corrected chi connectivity index (χ3v) is 2.99. The lowest BCUT2D eigenvalue weighted by Crippen LogP contribution is -2.00. The Kier molecular flexibility index (Phi) is 4.75. The molecule has 2 aromatic carbocycles. The number of benzene rings is 2. The molecule has 1 N–H and O–H groups in total. The van der Waals surface area contributed by atoms with Gasteiger partial charge in [0.2, 0.25) is 0 Å². The summed E-state index contributed by atoms with van der Waals surface area (Å²) in [5, 5.41) is 18.1. The summed E-state index contributed by atoms with van der Waals surface area (Å²) in [4.78, 5) is 0. The second kappa shape index (κ2) is 6.73. The lowest BCUT2D eigenvalue weighted by molar-refractivity contribution is 0.258. The van der Waals surface area contributed by atoms with Gasteiger partial charge in [0, 0.05) is 11.6 Å². The largest absolute Gasteiger partial charge is 0.497 e. The highest BCUT2D eigenvalue weighted by atomic mass is 19.1. The molecule has 0 saturated heterocycles. The van der Waals surface area contributed by atoms with Gasteiger partial charge in [-0.15, -0.1) is 0 Å². The summed E-state index contributed by atoms with van der Waals surface area (Å²) in [6.07, 6.45) is 0. The topological polar surface area (TPSA) is 62.5 Å². The van der Waals surface area contributed by atoms with Gasteiger partial charge < -0.3 is 14.6 Å². The molecule has 0 unspecified atom stereocenters. The first kappa shape index (κ1) is 14.8. The number of nitrogens with zero attached hydrogens (tertiary/aromatic N) is 1. The van der Waals surface area contributed by atoms with E-state index in [4.69, 9.17) is 14.7 Å². The van der Waals surface area contributed by atoms with E-state index in [1.165, 1.54) is 19.2 Å². The molecule has 21 heavy (non-hydrogen) atoms. The van der Waals surface area contributed by atoms with Crippen LogP contribution in [-0.4, -0.2) is 12.2 Å². The monoisotopic (exact) mass is 287 g/mol. The molecule has 0 spiro atoms. The molecule has 0 aliphatic heterocycles. The van der Waals surface area contributed by atoms with Crippen molar-refractivity contribution >= 4 is 0 Å². The normalized spacial score (nSPS) is 10.0. The van der Waals surface area contributed by atoms with E-state index in [1.54, 1.807) is 30.3 Å². The summed E-state index contributed by atoms with van der Waals surface area (Å²) in [6.45, 7) is 0.00131. The molecule has 0 atom stereocenters. The standard InChI is InChI=1S/C16H14FNO3/c1-20-14-4-3-12(9-19)16(7-14)21-10-11-2-5-15(17)13(6-11)8-18/h2-7,19H,9-10H2,1H3. The number of aliphatic hydroxyl groups excluding tert-OH is 1. The van der Waals surface area contributed by atoms with E-state index in [1.807, 2.05) is 0 Å². The van der Waals surface area contributed by atoms with Crippen LogP contribution >= 0.6 is 0 Å². The number of halogens is 1. The van der Waals surface area contributed by atoms with Crippen molar-refractivity contribution in [2.75, 3.05) is 7.11 Å². The van der Waals surface area contributed by atoms with Gasteiger partial charge in [-0.05, 0) is 29.8 Å². The van der Waals surface area contributed by atoms with Crippen LogP contribution in [0.4, 0.5) is 4.39 Å². The van der Waals surface area contributed by atoms with Gasteiger partial charge in [-0.1, -0.05) is 6.07 Å². The van der Waals surface area contributed by atoms with Crippen molar-refractivity contribution in [3.05, 3.63) is 58.9 Å². The molecule has 0 fully saturated rings. The zero-order chi connectivity index (χ0) is 15.2. The van der Waals surface area contributed by atoms with E-state index in [0.29, 0.717) is 22.6 Å². The second-order valence-corrected chi connectivity index (χ2v) is 4.35. The van der Waals surface area contributed by atoms with E-state index in [2.05, 4.69) is 0 Å². The first-order chi connectivity index (χ1) is 10.2. The molecular formula is C16H14FNO3. The van der Waals surface area contributed by atoms with Gasteiger partial charge >= 0.3 is 0 Å². The Morgan fingerprint density at radius 2 is 2.05 bits per heavy atom. The Balaban J connectivity index is 2.18. The number of hydrogen-bond acceptors (Lipinski definition) is 4. The average molecular weight is 287 g/mol. The van der Waals surface area contributed by atoms with E-state index in [0.717, 1.165) is 0 Å². The number of nitriles is 1. The minimum atomic E-state index is -0.557. The Morgan fingerprint density at radius 3 is 2.71 bits per heavy atom. The average Bonchev–Trinajstić information content (AvgIpc) is 2.53. The molecule has 0 aliphatic carbocycles. The van der Waals surface area contributed by atoms with Crippen LogP contribution < -0.4 is 9.47 Å². The minimum absolute atomic E-state index is 0.0240. The molecule has 0 aliphatic rings. The summed E-state index contributed by atoms with van der Waals surface area (Å²) in [5.74, 6) is 0.539. The van der Waals surface area contributed by atoms with Crippen LogP contribution in [0.1, 0.15) is 16.7 Å². The van der Waals surface area contributed by atoms with E-state index < -0.39 is 5.82 Å². The number of rotatable bonds is 5. The van der Waals surface area contributed by atoms with Crippen LogP contribution in [0.3, 0.4) is 0 Å². The molecule has 0 aromatic heterocycles. The third-order valence-electron chi connectivity index (χ3n) is 2.99. The molecule has 4 nitrogen and oxygen atoms in total. The van der Waals surface area contributed by atoms with Crippen molar-refractivity contribution in [1.82, 2.24) is 0 Å². The van der Waals surface area contributed by atoms with Gasteiger partial charge in [-0.2, -0.15) is 5.26 Å². The van der Waals surface area contributed by atoms with Crippen LogP contribution in [-0.2, 0) is 13.2 Å². The predicted molar refractivity (Wildman–Crippen MR) is 74.4 cm³/mol. The summed E-state index contributed by atoms with van der Waals surface area (Å²) in [7, 11) is 1.54. The van der Waals surface area contributed by atoms with Crippen LogP contribution in [0.5, 0.6) is 11.5 Å². The molecular weight excluding hydrogens is 273 g/mol. The van der Waals surface area contributed by atoms with Crippen LogP contribution in [0.2, 0.25) is 0 Å². The molecule has 2 rings (SSSR count). The summed E-state index contributed by atoms with van der Waals surface area (Å²) in [5.41, 5.74) is 1.27. The highest BCUT2D eigenvalue weighted by Gasteiger charge is 2.07. The van der Waals surface area contributed by atoms with Crippen molar-refractivity contribution in [1.29, 1.82) is 5.26 Å².